The molecule has 2 aromatic rings. The summed E-state index contributed by atoms with van der Waals surface area (Å²) >= 11 is 0. The Balaban J connectivity index is 0.00000200. The van der Waals surface area contributed by atoms with E-state index in [0.29, 0.717) is 24.4 Å². The first-order valence-electron chi connectivity index (χ1n) is 6.25. The van der Waals surface area contributed by atoms with Gasteiger partial charge in [0.1, 0.15) is 5.82 Å². The molecule has 0 radical (unpaired) electrons. The van der Waals surface area contributed by atoms with Crippen molar-refractivity contribution < 1.29 is 8.78 Å². The van der Waals surface area contributed by atoms with Gasteiger partial charge in [0, 0.05) is 18.5 Å². The van der Waals surface area contributed by atoms with E-state index in [1.165, 1.54) is 6.07 Å². The van der Waals surface area contributed by atoms with E-state index in [2.05, 4.69) is 10.1 Å². The van der Waals surface area contributed by atoms with Gasteiger partial charge >= 0.3 is 0 Å². The van der Waals surface area contributed by atoms with Gasteiger partial charge in [-0.3, -0.25) is 0 Å². The fraction of sp³-hybridized carbons (Fsp3) is 0.385. The smallest absolute Gasteiger partial charge is 0.181 e. The van der Waals surface area contributed by atoms with Crippen LogP contribution in [0.3, 0.4) is 0 Å². The second kappa shape index (κ2) is 7.31. The van der Waals surface area contributed by atoms with Gasteiger partial charge in [0.2, 0.25) is 0 Å². The monoisotopic (exact) mass is 302 g/mol. The lowest BCUT2D eigenvalue weighted by molar-refractivity contribution is 0.509. The zero-order valence-electron chi connectivity index (χ0n) is 11.1. The van der Waals surface area contributed by atoms with Crippen LogP contribution in [0.4, 0.5) is 8.78 Å². The van der Waals surface area contributed by atoms with Crippen molar-refractivity contribution in [2.75, 3.05) is 6.54 Å². The molecule has 0 saturated carbocycles. The highest BCUT2D eigenvalue weighted by Gasteiger charge is 2.12. The molecule has 0 bridgehead atoms. The predicted octanol–water partition coefficient (Wildman–Crippen LogP) is 2.56. The van der Waals surface area contributed by atoms with E-state index in [4.69, 9.17) is 5.73 Å². The second-order valence-electron chi connectivity index (χ2n) is 4.24. The number of benzene rings is 1. The maximum absolute atomic E-state index is 13.2. The van der Waals surface area contributed by atoms with E-state index >= 15 is 0 Å². The van der Waals surface area contributed by atoms with E-state index in [1.54, 1.807) is 4.68 Å². The van der Waals surface area contributed by atoms with Gasteiger partial charge in [0.25, 0.3) is 0 Å². The number of hydrogen-bond donors (Lipinski definition) is 1. The van der Waals surface area contributed by atoms with Crippen molar-refractivity contribution in [1.82, 2.24) is 14.8 Å². The third-order valence-corrected chi connectivity index (χ3v) is 2.73. The Morgan fingerprint density at radius 3 is 2.60 bits per heavy atom. The average molecular weight is 303 g/mol. The summed E-state index contributed by atoms with van der Waals surface area (Å²) in [6.07, 6.45) is 1.52. The normalized spacial score (nSPS) is 10.4. The lowest BCUT2D eigenvalue weighted by Crippen LogP contribution is -2.10. The number of hydrogen-bond acceptors (Lipinski definition) is 3. The molecular weight excluding hydrogens is 286 g/mol. The molecule has 0 spiro atoms. The molecule has 1 aromatic carbocycles. The minimum Gasteiger partial charge on any atom is -0.330 e. The van der Waals surface area contributed by atoms with Crippen LogP contribution in [0.25, 0.3) is 11.4 Å². The molecule has 1 aromatic heterocycles. The number of aromatic nitrogens is 3. The number of rotatable bonds is 5. The molecule has 0 unspecified atom stereocenters. The van der Waals surface area contributed by atoms with Crippen molar-refractivity contribution in [3.8, 4) is 11.4 Å². The first-order chi connectivity index (χ1) is 9.15. The Hall–Kier alpha value is -1.53. The summed E-state index contributed by atoms with van der Waals surface area (Å²) in [7, 11) is 0. The number of aryl methyl sites for hydroxylation is 1. The van der Waals surface area contributed by atoms with Crippen molar-refractivity contribution >= 4 is 12.4 Å². The van der Waals surface area contributed by atoms with Gasteiger partial charge in [0.05, 0.1) is 0 Å². The third kappa shape index (κ3) is 3.52. The van der Waals surface area contributed by atoms with Crippen LogP contribution in [0.5, 0.6) is 0 Å². The Labute approximate surface area is 122 Å². The number of nitrogens with zero attached hydrogens (tertiary/aromatic N) is 3. The Morgan fingerprint density at radius 2 is 2.00 bits per heavy atom. The second-order valence-corrected chi connectivity index (χ2v) is 4.24. The SMILES string of the molecule is CCCn1nc(-c2ccc(F)c(F)c2)nc1CCN.Cl. The van der Waals surface area contributed by atoms with Crippen LogP contribution in [-0.4, -0.2) is 21.3 Å². The Bertz CT molecular complexity index is 548. The lowest BCUT2D eigenvalue weighted by atomic mass is 10.2. The summed E-state index contributed by atoms with van der Waals surface area (Å²) in [5.74, 6) is -0.608. The molecule has 0 amide bonds. The van der Waals surface area contributed by atoms with Crippen LogP contribution >= 0.6 is 12.4 Å². The van der Waals surface area contributed by atoms with E-state index in [0.717, 1.165) is 30.9 Å². The van der Waals surface area contributed by atoms with Gasteiger partial charge in [-0.1, -0.05) is 6.92 Å². The molecule has 1 heterocycles. The molecule has 0 aliphatic carbocycles. The molecular formula is C13H17ClF2N4. The van der Waals surface area contributed by atoms with Gasteiger partial charge in [-0.15, -0.1) is 12.4 Å². The van der Waals surface area contributed by atoms with Crippen molar-refractivity contribution in [3.05, 3.63) is 35.7 Å². The van der Waals surface area contributed by atoms with Gasteiger partial charge in [-0.05, 0) is 31.2 Å². The standard InChI is InChI=1S/C13H16F2N4.ClH/c1-2-7-19-12(5-6-16)17-13(18-19)9-3-4-10(14)11(15)8-9;/h3-4,8H,2,5-7,16H2,1H3;1H. The van der Waals surface area contributed by atoms with Gasteiger partial charge in [-0.25, -0.2) is 18.4 Å². The maximum Gasteiger partial charge on any atom is 0.181 e. The van der Waals surface area contributed by atoms with Gasteiger partial charge in [-0.2, -0.15) is 5.10 Å². The topological polar surface area (TPSA) is 56.7 Å². The van der Waals surface area contributed by atoms with Crippen LogP contribution in [0.1, 0.15) is 19.2 Å². The summed E-state index contributed by atoms with van der Waals surface area (Å²) in [5, 5.41) is 4.32. The summed E-state index contributed by atoms with van der Waals surface area (Å²) in [6, 6.07) is 3.65. The molecule has 7 heteroatoms. The van der Waals surface area contributed by atoms with Gasteiger partial charge in [0.15, 0.2) is 17.5 Å². The van der Waals surface area contributed by atoms with Crippen LogP contribution in [0.15, 0.2) is 18.2 Å². The number of nitrogens with two attached hydrogens (primary N) is 1. The summed E-state index contributed by atoms with van der Waals surface area (Å²) in [5.41, 5.74) is 5.99. The molecule has 0 atom stereocenters. The van der Waals surface area contributed by atoms with E-state index in [-0.39, 0.29) is 12.4 Å². The minimum absolute atomic E-state index is 0. The van der Waals surface area contributed by atoms with E-state index in [9.17, 15) is 8.78 Å². The average Bonchev–Trinajstić information content (AvgIpc) is 2.77. The molecule has 0 aliphatic heterocycles. The molecule has 2 N–H and O–H groups in total. The van der Waals surface area contributed by atoms with Crippen LogP contribution in [-0.2, 0) is 13.0 Å². The Kier molecular flexibility index (Phi) is 6.04. The largest absolute Gasteiger partial charge is 0.330 e. The quantitative estimate of drug-likeness (QED) is 0.923. The van der Waals surface area contributed by atoms with Crippen LogP contribution in [0.2, 0.25) is 0 Å². The molecule has 2 rings (SSSR count). The van der Waals surface area contributed by atoms with Crippen LogP contribution < -0.4 is 5.73 Å². The maximum atomic E-state index is 13.2. The Morgan fingerprint density at radius 1 is 1.25 bits per heavy atom. The third-order valence-electron chi connectivity index (χ3n) is 2.73. The van der Waals surface area contributed by atoms with Crippen LogP contribution in [0, 0.1) is 11.6 Å². The van der Waals surface area contributed by atoms with Crippen molar-refractivity contribution in [3.63, 3.8) is 0 Å². The zero-order valence-corrected chi connectivity index (χ0v) is 12.0. The molecule has 20 heavy (non-hydrogen) atoms. The fourth-order valence-electron chi connectivity index (χ4n) is 1.84. The zero-order chi connectivity index (χ0) is 13.8. The molecule has 110 valence electrons. The molecule has 0 aliphatic rings. The number of halogens is 3. The summed E-state index contributed by atoms with van der Waals surface area (Å²) < 4.78 is 27.9. The first-order valence-corrected chi connectivity index (χ1v) is 6.25. The highest BCUT2D eigenvalue weighted by atomic mass is 35.5. The van der Waals surface area contributed by atoms with E-state index < -0.39 is 11.6 Å². The molecule has 0 saturated heterocycles. The summed E-state index contributed by atoms with van der Waals surface area (Å²) in [6.45, 7) is 3.23. The lowest BCUT2D eigenvalue weighted by Gasteiger charge is -2.01. The van der Waals surface area contributed by atoms with Crippen molar-refractivity contribution in [2.24, 2.45) is 5.73 Å². The van der Waals surface area contributed by atoms with Crippen molar-refractivity contribution in [1.29, 1.82) is 0 Å². The van der Waals surface area contributed by atoms with Gasteiger partial charge < -0.3 is 5.73 Å². The molecule has 0 fully saturated rings. The summed E-state index contributed by atoms with van der Waals surface area (Å²) in [4.78, 5) is 4.34. The minimum atomic E-state index is -0.898. The highest BCUT2D eigenvalue weighted by molar-refractivity contribution is 5.85. The fourth-order valence-corrected chi connectivity index (χ4v) is 1.84. The molecule has 4 nitrogen and oxygen atoms in total. The highest BCUT2D eigenvalue weighted by Crippen LogP contribution is 2.19. The first kappa shape index (κ1) is 16.5. The predicted molar refractivity (Wildman–Crippen MR) is 75.7 cm³/mol. The van der Waals surface area contributed by atoms with Crippen molar-refractivity contribution in [2.45, 2.75) is 26.3 Å². The van der Waals surface area contributed by atoms with E-state index in [1.807, 2.05) is 6.92 Å².